The molecule has 6 heteroatoms. The highest BCUT2D eigenvalue weighted by atomic mass is 19.4. The highest BCUT2D eigenvalue weighted by Crippen LogP contribution is 2.31. The van der Waals surface area contributed by atoms with Gasteiger partial charge in [0.05, 0.1) is 11.3 Å². The molecule has 0 radical (unpaired) electrons. The van der Waals surface area contributed by atoms with Gasteiger partial charge in [0.15, 0.2) is 0 Å². The second-order valence-corrected chi connectivity index (χ2v) is 4.42. The van der Waals surface area contributed by atoms with Gasteiger partial charge in [-0.1, -0.05) is 18.2 Å². The largest absolute Gasteiger partial charge is 0.416 e. The van der Waals surface area contributed by atoms with Gasteiger partial charge in [0.1, 0.15) is 0 Å². The van der Waals surface area contributed by atoms with Crippen LogP contribution in [0.1, 0.15) is 23.7 Å². The Bertz CT molecular complexity index is 561. The molecule has 0 aliphatic rings. The number of nitrogens with zero attached hydrogens (tertiary/aromatic N) is 2. The van der Waals surface area contributed by atoms with Crippen LogP contribution in [0.2, 0.25) is 0 Å². The van der Waals surface area contributed by atoms with E-state index in [9.17, 15) is 13.2 Å². The van der Waals surface area contributed by atoms with Crippen molar-refractivity contribution in [2.75, 3.05) is 0 Å². The fraction of sp³-hybridized carbons (Fsp3) is 0.357. The van der Waals surface area contributed by atoms with E-state index >= 15 is 0 Å². The van der Waals surface area contributed by atoms with E-state index in [1.807, 2.05) is 19.2 Å². The summed E-state index contributed by atoms with van der Waals surface area (Å²) in [5.41, 5.74) is 0.470. The van der Waals surface area contributed by atoms with Crippen molar-refractivity contribution in [3.05, 3.63) is 53.3 Å². The highest BCUT2D eigenvalue weighted by molar-refractivity contribution is 5.29. The first-order chi connectivity index (χ1) is 9.50. The van der Waals surface area contributed by atoms with Gasteiger partial charge in [0, 0.05) is 25.8 Å². The minimum absolute atomic E-state index is 0.161. The van der Waals surface area contributed by atoms with Gasteiger partial charge in [-0.05, 0) is 24.6 Å². The van der Waals surface area contributed by atoms with Gasteiger partial charge in [0.25, 0.3) is 0 Å². The van der Waals surface area contributed by atoms with E-state index < -0.39 is 11.7 Å². The molecule has 2 rings (SSSR count). The Kier molecular flexibility index (Phi) is 4.44. The fourth-order valence-electron chi connectivity index (χ4n) is 1.95. The highest BCUT2D eigenvalue weighted by Gasteiger charge is 2.32. The van der Waals surface area contributed by atoms with Gasteiger partial charge >= 0.3 is 6.18 Å². The van der Waals surface area contributed by atoms with Crippen LogP contribution >= 0.6 is 0 Å². The Hall–Kier alpha value is -1.82. The predicted molar refractivity (Wildman–Crippen MR) is 69.9 cm³/mol. The van der Waals surface area contributed by atoms with Crippen molar-refractivity contribution in [3.63, 3.8) is 0 Å². The normalized spacial score (nSPS) is 11.8. The van der Waals surface area contributed by atoms with Crippen LogP contribution in [0.5, 0.6) is 0 Å². The molecule has 2 aromatic rings. The van der Waals surface area contributed by atoms with Crippen LogP contribution in [0.25, 0.3) is 0 Å². The number of aryl methyl sites for hydroxylation is 1. The summed E-state index contributed by atoms with van der Waals surface area (Å²) in [6, 6.07) is 7.45. The number of aromatic nitrogens is 2. The van der Waals surface area contributed by atoms with Gasteiger partial charge in [0.2, 0.25) is 0 Å². The first kappa shape index (κ1) is 14.6. The zero-order valence-electron chi connectivity index (χ0n) is 11.1. The van der Waals surface area contributed by atoms with Crippen molar-refractivity contribution in [1.82, 2.24) is 15.1 Å². The predicted octanol–water partition coefficient (Wildman–Crippen LogP) is 3.21. The first-order valence-electron chi connectivity index (χ1n) is 6.39. The molecule has 3 nitrogen and oxygen atoms in total. The Morgan fingerprint density at radius 1 is 1.15 bits per heavy atom. The molecule has 0 amide bonds. The molecule has 0 spiro atoms. The molecular weight excluding hydrogens is 267 g/mol. The van der Waals surface area contributed by atoms with Crippen molar-refractivity contribution >= 4 is 0 Å². The van der Waals surface area contributed by atoms with Crippen LogP contribution in [0.15, 0.2) is 36.5 Å². The monoisotopic (exact) mass is 283 g/mol. The van der Waals surface area contributed by atoms with Crippen LogP contribution < -0.4 is 5.32 Å². The number of halogens is 3. The molecule has 0 aliphatic heterocycles. The van der Waals surface area contributed by atoms with Crippen LogP contribution in [-0.2, 0) is 25.8 Å². The lowest BCUT2D eigenvalue weighted by Crippen LogP contribution is -2.17. The maximum atomic E-state index is 12.8. The lowest BCUT2D eigenvalue weighted by Gasteiger charge is -2.12. The topological polar surface area (TPSA) is 29.9 Å². The minimum atomic E-state index is -4.32. The maximum Gasteiger partial charge on any atom is 0.416 e. The van der Waals surface area contributed by atoms with Gasteiger partial charge in [-0.15, -0.1) is 0 Å². The minimum Gasteiger partial charge on any atom is -0.307 e. The van der Waals surface area contributed by atoms with E-state index in [1.165, 1.54) is 12.1 Å². The quantitative estimate of drug-likeness (QED) is 0.913. The number of alkyl halides is 3. The number of benzene rings is 1. The molecule has 0 saturated carbocycles. The third kappa shape index (κ3) is 3.60. The molecule has 0 unspecified atom stereocenters. The summed E-state index contributed by atoms with van der Waals surface area (Å²) in [7, 11) is 0. The van der Waals surface area contributed by atoms with E-state index in [2.05, 4.69) is 10.4 Å². The van der Waals surface area contributed by atoms with E-state index in [-0.39, 0.29) is 12.1 Å². The lowest BCUT2D eigenvalue weighted by molar-refractivity contribution is -0.138. The molecule has 108 valence electrons. The lowest BCUT2D eigenvalue weighted by atomic mass is 10.1. The fourth-order valence-corrected chi connectivity index (χ4v) is 1.95. The zero-order chi connectivity index (χ0) is 14.6. The molecule has 0 saturated heterocycles. The average Bonchev–Trinajstić information content (AvgIpc) is 2.86. The summed E-state index contributed by atoms with van der Waals surface area (Å²) < 4.78 is 40.2. The number of hydrogen-bond donors (Lipinski definition) is 1. The zero-order valence-corrected chi connectivity index (χ0v) is 11.1. The van der Waals surface area contributed by atoms with Crippen LogP contribution in [0.3, 0.4) is 0 Å². The van der Waals surface area contributed by atoms with Crippen LogP contribution in [-0.4, -0.2) is 9.78 Å². The van der Waals surface area contributed by atoms with Crippen molar-refractivity contribution in [3.8, 4) is 0 Å². The number of rotatable bonds is 5. The van der Waals surface area contributed by atoms with Crippen molar-refractivity contribution < 1.29 is 13.2 Å². The van der Waals surface area contributed by atoms with Crippen molar-refractivity contribution in [2.24, 2.45) is 0 Å². The van der Waals surface area contributed by atoms with E-state index in [0.717, 1.165) is 18.3 Å². The van der Waals surface area contributed by atoms with E-state index in [0.29, 0.717) is 6.54 Å². The van der Waals surface area contributed by atoms with Crippen LogP contribution in [0, 0.1) is 0 Å². The Morgan fingerprint density at radius 2 is 1.90 bits per heavy atom. The van der Waals surface area contributed by atoms with Crippen molar-refractivity contribution in [1.29, 1.82) is 0 Å². The molecule has 0 fully saturated rings. The Labute approximate surface area is 115 Å². The van der Waals surface area contributed by atoms with Gasteiger partial charge in [-0.25, -0.2) is 0 Å². The maximum absolute atomic E-state index is 12.8. The van der Waals surface area contributed by atoms with Gasteiger partial charge < -0.3 is 5.32 Å². The Morgan fingerprint density at radius 3 is 2.55 bits per heavy atom. The van der Waals surface area contributed by atoms with Crippen molar-refractivity contribution in [2.45, 2.75) is 32.7 Å². The van der Waals surface area contributed by atoms with Gasteiger partial charge in [-0.3, -0.25) is 4.68 Å². The molecule has 0 bridgehead atoms. The number of nitrogens with one attached hydrogen (secondary N) is 1. The summed E-state index contributed by atoms with van der Waals surface area (Å²) in [6.07, 6.45) is -2.47. The SMILES string of the molecule is CCn1ccc(CNCc2ccccc2C(F)(F)F)n1. The second kappa shape index (κ2) is 6.09. The third-order valence-corrected chi connectivity index (χ3v) is 2.96. The molecular formula is C14H16F3N3. The molecule has 0 atom stereocenters. The summed E-state index contributed by atoms with van der Waals surface area (Å²) in [5, 5.41) is 7.26. The second-order valence-electron chi connectivity index (χ2n) is 4.42. The molecule has 0 aliphatic carbocycles. The Balaban J connectivity index is 1.97. The van der Waals surface area contributed by atoms with Crippen LogP contribution in [0.4, 0.5) is 13.2 Å². The summed E-state index contributed by atoms with van der Waals surface area (Å²) in [6.45, 7) is 3.36. The molecule has 1 aromatic heterocycles. The van der Waals surface area contributed by atoms with E-state index in [4.69, 9.17) is 0 Å². The smallest absolute Gasteiger partial charge is 0.307 e. The molecule has 20 heavy (non-hydrogen) atoms. The average molecular weight is 283 g/mol. The third-order valence-electron chi connectivity index (χ3n) is 2.96. The molecule has 1 heterocycles. The van der Waals surface area contributed by atoms with E-state index in [1.54, 1.807) is 10.7 Å². The number of hydrogen-bond acceptors (Lipinski definition) is 2. The first-order valence-corrected chi connectivity index (χ1v) is 6.39. The summed E-state index contributed by atoms with van der Waals surface area (Å²) in [5.74, 6) is 0. The molecule has 1 aromatic carbocycles. The standard InChI is InChI=1S/C14H16F3N3/c1-2-20-8-7-12(19-20)10-18-9-11-5-3-4-6-13(11)14(15,16)17/h3-8,18H,2,9-10H2,1H3. The molecule has 1 N–H and O–H groups in total. The summed E-state index contributed by atoms with van der Waals surface area (Å²) in [4.78, 5) is 0. The summed E-state index contributed by atoms with van der Waals surface area (Å²) >= 11 is 0. The van der Waals surface area contributed by atoms with Gasteiger partial charge in [-0.2, -0.15) is 18.3 Å².